The molecule has 0 unspecified atom stereocenters. The molecule has 2 nitrogen and oxygen atoms in total. The largest absolute Gasteiger partial charge is 0.389 e. The highest BCUT2D eigenvalue weighted by Crippen LogP contribution is 2.30. The van der Waals surface area contributed by atoms with Gasteiger partial charge in [0.1, 0.15) is 5.82 Å². The van der Waals surface area contributed by atoms with Crippen molar-refractivity contribution in [1.29, 1.82) is 0 Å². The Morgan fingerprint density at radius 3 is 2.33 bits per heavy atom. The number of hydrogen-bond donors (Lipinski definition) is 1. The maximum atomic E-state index is 14.1. The average molecular weight is 251 g/mol. The van der Waals surface area contributed by atoms with Gasteiger partial charge in [-0.25, -0.2) is 4.39 Å². The number of aliphatic hydroxyl groups excluding tert-OH is 1. The molecule has 2 rings (SSSR count). The van der Waals surface area contributed by atoms with Crippen molar-refractivity contribution in [3.63, 3.8) is 0 Å². The second-order valence-corrected chi connectivity index (χ2v) is 5.11. The van der Waals surface area contributed by atoms with Crippen molar-refractivity contribution >= 4 is 5.69 Å². The summed E-state index contributed by atoms with van der Waals surface area (Å²) in [6.07, 6.45) is 5.31. The Morgan fingerprint density at radius 1 is 1.11 bits per heavy atom. The molecule has 0 aromatic heterocycles. The molecule has 1 fully saturated rings. The molecule has 1 heterocycles. The van der Waals surface area contributed by atoms with Crippen LogP contribution in [0.15, 0.2) is 18.2 Å². The Bertz CT molecular complexity index is 384. The number of halogens is 1. The van der Waals surface area contributed by atoms with Crippen molar-refractivity contribution in [2.75, 3.05) is 18.0 Å². The zero-order chi connectivity index (χ0) is 13.0. The van der Waals surface area contributed by atoms with Crippen LogP contribution in [-0.2, 0) is 0 Å². The molecule has 0 aliphatic carbocycles. The summed E-state index contributed by atoms with van der Waals surface area (Å²) in [5.74, 6) is -0.214. The molecule has 100 valence electrons. The van der Waals surface area contributed by atoms with Crippen molar-refractivity contribution in [2.24, 2.45) is 0 Å². The summed E-state index contributed by atoms with van der Waals surface area (Å²) in [4.78, 5) is 2.11. The summed E-state index contributed by atoms with van der Waals surface area (Å²) in [7, 11) is 0. The number of rotatable bonds is 2. The monoisotopic (exact) mass is 251 g/mol. The fraction of sp³-hybridized carbons (Fsp3) is 0.600. The zero-order valence-electron chi connectivity index (χ0n) is 11.0. The number of nitrogens with zero attached hydrogens (tertiary/aromatic N) is 1. The van der Waals surface area contributed by atoms with Crippen LogP contribution < -0.4 is 4.90 Å². The minimum absolute atomic E-state index is 0.214. The Morgan fingerprint density at radius 2 is 1.72 bits per heavy atom. The molecular formula is C15H22FNO. The molecule has 0 amide bonds. The highest BCUT2D eigenvalue weighted by molar-refractivity contribution is 5.55. The van der Waals surface area contributed by atoms with Crippen LogP contribution in [0.25, 0.3) is 0 Å². The fourth-order valence-corrected chi connectivity index (χ4v) is 2.67. The molecule has 0 saturated carbocycles. The van der Waals surface area contributed by atoms with Gasteiger partial charge in [-0.2, -0.15) is 0 Å². The van der Waals surface area contributed by atoms with Gasteiger partial charge in [-0.05, 0) is 25.8 Å². The van der Waals surface area contributed by atoms with Gasteiger partial charge in [0.25, 0.3) is 0 Å². The summed E-state index contributed by atoms with van der Waals surface area (Å²) in [6.45, 7) is 3.48. The summed E-state index contributed by atoms with van der Waals surface area (Å²) in [5.41, 5.74) is 1.31. The second kappa shape index (κ2) is 6.19. The lowest BCUT2D eigenvalue weighted by atomic mass is 10.0. The molecule has 1 aromatic rings. The van der Waals surface area contributed by atoms with E-state index in [9.17, 15) is 9.50 Å². The lowest BCUT2D eigenvalue weighted by molar-refractivity contribution is 0.199. The third kappa shape index (κ3) is 3.02. The van der Waals surface area contributed by atoms with Gasteiger partial charge in [0.15, 0.2) is 0 Å². The molecule has 1 atom stereocenters. The van der Waals surface area contributed by atoms with Gasteiger partial charge < -0.3 is 10.0 Å². The van der Waals surface area contributed by atoms with E-state index in [0.29, 0.717) is 11.3 Å². The molecule has 1 aromatic carbocycles. The highest BCUT2D eigenvalue weighted by Gasteiger charge is 2.19. The molecule has 1 aliphatic rings. The summed E-state index contributed by atoms with van der Waals surface area (Å²) in [5, 5.41) is 9.79. The molecule has 1 N–H and O–H groups in total. The predicted molar refractivity (Wildman–Crippen MR) is 72.3 cm³/mol. The molecule has 3 heteroatoms. The average Bonchev–Trinajstić information content (AvgIpc) is 2.29. The molecule has 1 saturated heterocycles. The lowest BCUT2D eigenvalue weighted by Gasteiger charge is -2.29. The van der Waals surface area contributed by atoms with Crippen LogP contribution >= 0.6 is 0 Å². The molecule has 0 bridgehead atoms. The van der Waals surface area contributed by atoms with Gasteiger partial charge in [0, 0.05) is 18.7 Å². The summed E-state index contributed by atoms with van der Waals surface area (Å²) < 4.78 is 14.1. The van der Waals surface area contributed by atoms with E-state index in [1.807, 2.05) is 6.07 Å². The topological polar surface area (TPSA) is 23.5 Å². The van der Waals surface area contributed by atoms with Crippen LogP contribution in [0, 0.1) is 5.82 Å². The Labute approximate surface area is 108 Å². The molecule has 0 spiro atoms. The van der Waals surface area contributed by atoms with Crippen LogP contribution in [-0.4, -0.2) is 18.2 Å². The van der Waals surface area contributed by atoms with E-state index in [2.05, 4.69) is 4.90 Å². The first-order chi connectivity index (χ1) is 8.70. The molecule has 0 radical (unpaired) electrons. The number of anilines is 1. The van der Waals surface area contributed by atoms with E-state index in [1.54, 1.807) is 13.0 Å². The van der Waals surface area contributed by atoms with E-state index >= 15 is 0 Å². The van der Waals surface area contributed by atoms with Crippen molar-refractivity contribution in [1.82, 2.24) is 0 Å². The zero-order valence-corrected chi connectivity index (χ0v) is 11.0. The van der Waals surface area contributed by atoms with E-state index < -0.39 is 6.10 Å². The van der Waals surface area contributed by atoms with E-state index in [-0.39, 0.29) is 5.82 Å². The number of benzene rings is 1. The van der Waals surface area contributed by atoms with E-state index in [0.717, 1.165) is 25.9 Å². The Kier molecular flexibility index (Phi) is 4.59. The predicted octanol–water partition coefficient (Wildman–Crippen LogP) is 3.65. The third-order valence-electron chi connectivity index (χ3n) is 3.64. The second-order valence-electron chi connectivity index (χ2n) is 5.11. The van der Waals surface area contributed by atoms with Crippen LogP contribution in [0.1, 0.15) is 50.7 Å². The standard InChI is InChI=1S/C15H22FNO/c1-12(18)13-8-7-9-14(16)15(13)17-10-5-3-2-4-6-11-17/h7-9,12,18H,2-6,10-11H2,1H3/t12-/m0/s1. The maximum absolute atomic E-state index is 14.1. The van der Waals surface area contributed by atoms with Crippen molar-refractivity contribution < 1.29 is 9.50 Å². The lowest BCUT2D eigenvalue weighted by Crippen LogP contribution is -2.29. The fourth-order valence-electron chi connectivity index (χ4n) is 2.67. The van der Waals surface area contributed by atoms with Gasteiger partial charge in [0.2, 0.25) is 0 Å². The van der Waals surface area contributed by atoms with Crippen LogP contribution in [0.4, 0.5) is 10.1 Å². The van der Waals surface area contributed by atoms with Gasteiger partial charge >= 0.3 is 0 Å². The van der Waals surface area contributed by atoms with Crippen LogP contribution in [0.5, 0.6) is 0 Å². The molecular weight excluding hydrogens is 229 g/mol. The molecule has 1 aliphatic heterocycles. The first kappa shape index (κ1) is 13.3. The Balaban J connectivity index is 2.29. The minimum Gasteiger partial charge on any atom is -0.389 e. The van der Waals surface area contributed by atoms with E-state index in [1.165, 1.54) is 25.3 Å². The number of hydrogen-bond acceptors (Lipinski definition) is 2. The quantitative estimate of drug-likeness (QED) is 0.867. The highest BCUT2D eigenvalue weighted by atomic mass is 19.1. The molecule has 18 heavy (non-hydrogen) atoms. The summed E-state index contributed by atoms with van der Waals surface area (Å²) >= 11 is 0. The van der Waals surface area contributed by atoms with Crippen molar-refractivity contribution in [3.8, 4) is 0 Å². The van der Waals surface area contributed by atoms with Crippen molar-refractivity contribution in [3.05, 3.63) is 29.6 Å². The number of aliphatic hydroxyl groups is 1. The van der Waals surface area contributed by atoms with Crippen molar-refractivity contribution in [2.45, 2.75) is 45.1 Å². The van der Waals surface area contributed by atoms with Crippen LogP contribution in [0.3, 0.4) is 0 Å². The van der Waals surface area contributed by atoms with Gasteiger partial charge in [-0.3, -0.25) is 0 Å². The van der Waals surface area contributed by atoms with Crippen LogP contribution in [0.2, 0.25) is 0 Å². The third-order valence-corrected chi connectivity index (χ3v) is 3.64. The van der Waals surface area contributed by atoms with E-state index in [4.69, 9.17) is 0 Å². The number of para-hydroxylation sites is 1. The SMILES string of the molecule is C[C@H](O)c1cccc(F)c1N1CCCCCCC1. The maximum Gasteiger partial charge on any atom is 0.146 e. The first-order valence-corrected chi connectivity index (χ1v) is 6.91. The minimum atomic E-state index is -0.624. The Hall–Kier alpha value is -1.09. The smallest absolute Gasteiger partial charge is 0.146 e. The van der Waals surface area contributed by atoms with Gasteiger partial charge in [-0.15, -0.1) is 0 Å². The summed E-state index contributed by atoms with van der Waals surface area (Å²) in [6, 6.07) is 4.98. The normalized spacial score (nSPS) is 19.2. The first-order valence-electron chi connectivity index (χ1n) is 6.91. The van der Waals surface area contributed by atoms with Gasteiger partial charge in [-0.1, -0.05) is 31.4 Å². The van der Waals surface area contributed by atoms with Gasteiger partial charge in [0.05, 0.1) is 11.8 Å².